The van der Waals surface area contributed by atoms with Crippen LogP contribution in [0.3, 0.4) is 0 Å². The van der Waals surface area contributed by atoms with E-state index in [9.17, 15) is 18.0 Å². The van der Waals surface area contributed by atoms with Gasteiger partial charge in [-0.25, -0.2) is 18.0 Å². The second kappa shape index (κ2) is 8.27. The SMILES string of the molecule is COC(=O)C1=C(C(=O)OC)N(c2cc(OC)ccc2NS(C)(=O)=O)COC1. The van der Waals surface area contributed by atoms with Crippen molar-refractivity contribution >= 4 is 33.3 Å². The summed E-state index contributed by atoms with van der Waals surface area (Å²) in [5.41, 5.74) is 0.236. The molecule has 0 atom stereocenters. The summed E-state index contributed by atoms with van der Waals surface area (Å²) < 4.78 is 45.9. The Morgan fingerprint density at radius 3 is 2.37 bits per heavy atom. The van der Waals surface area contributed by atoms with Crippen LogP contribution in [-0.4, -0.2) is 61.3 Å². The molecular formula is C16H20N2O8S. The van der Waals surface area contributed by atoms with Gasteiger partial charge in [-0.1, -0.05) is 0 Å². The number of hydrogen-bond donors (Lipinski definition) is 1. The minimum absolute atomic E-state index is 0.0521. The molecule has 1 aromatic rings. The van der Waals surface area contributed by atoms with Crippen molar-refractivity contribution < 1.29 is 37.0 Å². The molecular weight excluding hydrogens is 380 g/mol. The molecule has 1 heterocycles. The van der Waals surface area contributed by atoms with Crippen molar-refractivity contribution in [1.82, 2.24) is 0 Å². The molecule has 0 radical (unpaired) electrons. The van der Waals surface area contributed by atoms with Crippen LogP contribution in [0.1, 0.15) is 0 Å². The molecule has 2 rings (SSSR count). The normalized spacial score (nSPS) is 14.6. The van der Waals surface area contributed by atoms with Crippen LogP contribution >= 0.6 is 0 Å². The van der Waals surface area contributed by atoms with Crippen molar-refractivity contribution in [2.45, 2.75) is 0 Å². The third kappa shape index (κ3) is 4.68. The van der Waals surface area contributed by atoms with Crippen molar-refractivity contribution in [2.24, 2.45) is 0 Å². The van der Waals surface area contributed by atoms with Crippen LogP contribution in [0.4, 0.5) is 11.4 Å². The van der Waals surface area contributed by atoms with E-state index >= 15 is 0 Å². The average Bonchev–Trinajstić information content (AvgIpc) is 2.65. The summed E-state index contributed by atoms with van der Waals surface area (Å²) >= 11 is 0. The summed E-state index contributed by atoms with van der Waals surface area (Å²) in [4.78, 5) is 25.8. The van der Waals surface area contributed by atoms with Gasteiger partial charge in [0.05, 0.1) is 51.1 Å². The van der Waals surface area contributed by atoms with Crippen LogP contribution in [0.15, 0.2) is 29.5 Å². The van der Waals surface area contributed by atoms with E-state index in [-0.39, 0.29) is 36.0 Å². The number of methoxy groups -OCH3 is 3. The van der Waals surface area contributed by atoms with Crippen LogP contribution in [0.2, 0.25) is 0 Å². The Bertz CT molecular complexity index is 878. The molecule has 1 N–H and O–H groups in total. The second-order valence-electron chi connectivity index (χ2n) is 5.47. The lowest BCUT2D eigenvalue weighted by molar-refractivity contribution is -0.140. The number of sulfonamides is 1. The first-order valence-corrected chi connectivity index (χ1v) is 9.51. The molecule has 0 fully saturated rings. The molecule has 1 aromatic carbocycles. The van der Waals surface area contributed by atoms with E-state index in [1.807, 2.05) is 0 Å². The zero-order valence-corrected chi connectivity index (χ0v) is 16.1. The molecule has 0 saturated heterocycles. The van der Waals surface area contributed by atoms with Crippen molar-refractivity contribution in [3.05, 3.63) is 29.5 Å². The van der Waals surface area contributed by atoms with Crippen molar-refractivity contribution in [3.63, 3.8) is 0 Å². The number of nitrogens with one attached hydrogen (secondary N) is 1. The smallest absolute Gasteiger partial charge is 0.355 e. The van der Waals surface area contributed by atoms with Crippen molar-refractivity contribution in [3.8, 4) is 5.75 Å². The minimum Gasteiger partial charge on any atom is -0.497 e. The summed E-state index contributed by atoms with van der Waals surface area (Å²) in [5.74, 6) is -1.16. The second-order valence-corrected chi connectivity index (χ2v) is 7.22. The van der Waals surface area contributed by atoms with Gasteiger partial charge in [0, 0.05) is 6.07 Å². The number of carbonyl (C=O) groups is 2. The topological polar surface area (TPSA) is 120 Å². The van der Waals surface area contributed by atoms with Gasteiger partial charge in [0.1, 0.15) is 18.2 Å². The minimum atomic E-state index is -3.62. The van der Waals surface area contributed by atoms with Crippen LogP contribution in [0.5, 0.6) is 5.75 Å². The number of anilines is 2. The predicted molar refractivity (Wildman–Crippen MR) is 95.8 cm³/mol. The number of hydrogen-bond acceptors (Lipinski definition) is 9. The molecule has 0 amide bonds. The molecule has 0 bridgehead atoms. The number of ether oxygens (including phenoxy) is 4. The molecule has 1 aliphatic rings. The zero-order chi connectivity index (χ0) is 20.2. The highest BCUT2D eigenvalue weighted by Crippen LogP contribution is 2.35. The molecule has 11 heteroatoms. The van der Waals surface area contributed by atoms with Gasteiger partial charge in [0.2, 0.25) is 10.0 Å². The maximum absolute atomic E-state index is 12.4. The number of rotatable bonds is 6. The summed E-state index contributed by atoms with van der Waals surface area (Å²) in [5, 5.41) is 0. The van der Waals surface area contributed by atoms with Gasteiger partial charge in [-0.05, 0) is 12.1 Å². The van der Waals surface area contributed by atoms with Crippen molar-refractivity contribution in [1.29, 1.82) is 0 Å². The lowest BCUT2D eigenvalue weighted by atomic mass is 10.1. The molecule has 0 aliphatic carbocycles. The Balaban J connectivity index is 2.69. The molecule has 0 spiro atoms. The van der Waals surface area contributed by atoms with Crippen LogP contribution in [0.25, 0.3) is 0 Å². The lowest BCUT2D eigenvalue weighted by Crippen LogP contribution is -2.39. The lowest BCUT2D eigenvalue weighted by Gasteiger charge is -2.32. The van der Waals surface area contributed by atoms with Gasteiger partial charge in [-0.15, -0.1) is 0 Å². The maximum Gasteiger partial charge on any atom is 0.355 e. The number of benzene rings is 1. The third-order valence-electron chi connectivity index (χ3n) is 3.62. The molecule has 10 nitrogen and oxygen atoms in total. The number of nitrogens with zero attached hydrogens (tertiary/aromatic N) is 1. The van der Waals surface area contributed by atoms with E-state index in [0.29, 0.717) is 5.75 Å². The Morgan fingerprint density at radius 2 is 1.81 bits per heavy atom. The first-order valence-electron chi connectivity index (χ1n) is 7.62. The summed E-state index contributed by atoms with van der Waals surface area (Å²) in [6, 6.07) is 4.52. The highest BCUT2D eigenvalue weighted by Gasteiger charge is 2.33. The molecule has 0 aromatic heterocycles. The van der Waals surface area contributed by atoms with E-state index in [0.717, 1.165) is 6.26 Å². The third-order valence-corrected chi connectivity index (χ3v) is 4.21. The van der Waals surface area contributed by atoms with Gasteiger partial charge < -0.3 is 23.8 Å². The Labute approximate surface area is 156 Å². The van der Waals surface area contributed by atoms with Gasteiger partial charge in [0.15, 0.2) is 0 Å². The monoisotopic (exact) mass is 400 g/mol. The highest BCUT2D eigenvalue weighted by molar-refractivity contribution is 7.92. The Kier molecular flexibility index (Phi) is 6.28. The Hall–Kier alpha value is -2.79. The van der Waals surface area contributed by atoms with Crippen LogP contribution in [-0.2, 0) is 33.8 Å². The maximum atomic E-state index is 12.4. The fraction of sp³-hybridized carbons (Fsp3) is 0.375. The van der Waals surface area contributed by atoms with E-state index in [1.165, 1.54) is 38.4 Å². The van der Waals surface area contributed by atoms with E-state index < -0.39 is 22.0 Å². The van der Waals surface area contributed by atoms with Gasteiger partial charge in [-0.2, -0.15) is 0 Å². The zero-order valence-electron chi connectivity index (χ0n) is 15.3. The molecule has 148 valence electrons. The molecule has 0 saturated carbocycles. The summed E-state index contributed by atoms with van der Waals surface area (Å²) in [7, 11) is 0.157. The number of esters is 2. The fourth-order valence-corrected chi connectivity index (χ4v) is 3.05. The highest BCUT2D eigenvalue weighted by atomic mass is 32.2. The van der Waals surface area contributed by atoms with E-state index in [2.05, 4.69) is 4.72 Å². The predicted octanol–water partition coefficient (Wildman–Crippen LogP) is 0.461. The average molecular weight is 400 g/mol. The largest absolute Gasteiger partial charge is 0.497 e. The van der Waals surface area contributed by atoms with E-state index in [1.54, 1.807) is 6.07 Å². The van der Waals surface area contributed by atoms with Crippen molar-refractivity contribution in [2.75, 3.05) is 50.5 Å². The summed E-state index contributed by atoms with van der Waals surface area (Å²) in [6.45, 7) is -0.289. The molecule has 27 heavy (non-hydrogen) atoms. The Morgan fingerprint density at radius 1 is 1.15 bits per heavy atom. The quantitative estimate of drug-likeness (QED) is 0.679. The fourth-order valence-electron chi connectivity index (χ4n) is 2.48. The first-order chi connectivity index (χ1) is 12.7. The molecule has 0 unspecified atom stereocenters. The van der Waals surface area contributed by atoms with Gasteiger partial charge in [-0.3, -0.25) is 4.72 Å². The van der Waals surface area contributed by atoms with Crippen LogP contribution < -0.4 is 14.4 Å². The molecule has 1 aliphatic heterocycles. The van der Waals surface area contributed by atoms with E-state index in [4.69, 9.17) is 18.9 Å². The van der Waals surface area contributed by atoms with Gasteiger partial charge in [0.25, 0.3) is 0 Å². The van der Waals surface area contributed by atoms with Gasteiger partial charge >= 0.3 is 11.9 Å². The number of carbonyl (C=O) groups excluding carboxylic acids is 2. The standard InChI is InChI=1S/C16H20N2O8S/c1-23-10-5-6-12(17-27(4,21)22)13(7-10)18-9-26-8-11(15(19)24-2)14(18)16(20)25-3/h5-7,17H,8-9H2,1-4H3. The van der Waals surface area contributed by atoms with Crippen LogP contribution in [0, 0.1) is 0 Å². The first kappa shape index (κ1) is 20.5. The summed E-state index contributed by atoms with van der Waals surface area (Å²) in [6.07, 6.45) is 0.991.